The maximum atomic E-state index is 13.0. The van der Waals surface area contributed by atoms with Gasteiger partial charge in [0.05, 0.1) is 30.2 Å². The number of hydrogen-bond acceptors (Lipinski definition) is 4. The van der Waals surface area contributed by atoms with E-state index < -0.39 is 35.3 Å². The molecule has 0 saturated heterocycles. The molecule has 0 spiro atoms. The normalized spacial score (nSPS) is 10.8. The summed E-state index contributed by atoms with van der Waals surface area (Å²) in [5.41, 5.74) is -2.73. The highest BCUT2D eigenvalue weighted by molar-refractivity contribution is 5.82. The first-order chi connectivity index (χ1) is 9.35. The maximum absolute atomic E-state index is 13.0. The molecule has 7 heteroatoms. The van der Waals surface area contributed by atoms with E-state index in [1.54, 1.807) is 6.07 Å². The fourth-order valence-electron chi connectivity index (χ4n) is 1.74. The van der Waals surface area contributed by atoms with Crippen LogP contribution in [0.1, 0.15) is 34.0 Å². The SMILES string of the molecule is CCOC(=O)Cc1c(C#N)ccc(C=O)c1C(F)(F)F. The summed E-state index contributed by atoms with van der Waals surface area (Å²) >= 11 is 0. The molecule has 1 aromatic rings. The average Bonchev–Trinajstić information content (AvgIpc) is 2.36. The Morgan fingerprint density at radius 2 is 2.10 bits per heavy atom. The van der Waals surface area contributed by atoms with E-state index in [-0.39, 0.29) is 18.5 Å². The number of carbonyl (C=O) groups excluding carboxylic acids is 2. The fraction of sp³-hybridized carbons (Fsp3) is 0.308. The summed E-state index contributed by atoms with van der Waals surface area (Å²) in [4.78, 5) is 22.1. The van der Waals surface area contributed by atoms with E-state index in [2.05, 4.69) is 4.74 Å². The first kappa shape index (κ1) is 15.7. The zero-order valence-electron chi connectivity index (χ0n) is 10.5. The Balaban J connectivity index is 3.48. The van der Waals surface area contributed by atoms with Gasteiger partial charge in [0.2, 0.25) is 0 Å². The minimum absolute atomic E-state index is 0.00937. The number of nitriles is 1. The molecular formula is C13H10F3NO3. The Hall–Kier alpha value is -2.36. The molecule has 0 bridgehead atoms. The first-order valence-electron chi connectivity index (χ1n) is 5.59. The minimum Gasteiger partial charge on any atom is -0.466 e. The Labute approximate surface area is 112 Å². The van der Waals surface area contributed by atoms with Crippen molar-refractivity contribution in [3.63, 3.8) is 0 Å². The molecule has 20 heavy (non-hydrogen) atoms. The molecule has 0 heterocycles. The van der Waals surface area contributed by atoms with Crippen molar-refractivity contribution in [1.29, 1.82) is 5.26 Å². The Bertz CT molecular complexity index is 573. The number of hydrogen-bond donors (Lipinski definition) is 0. The molecule has 0 aliphatic rings. The number of esters is 1. The third-order valence-corrected chi connectivity index (χ3v) is 2.50. The number of alkyl halides is 3. The van der Waals surface area contributed by atoms with Gasteiger partial charge in [-0.1, -0.05) is 0 Å². The van der Waals surface area contributed by atoms with Crippen LogP contribution >= 0.6 is 0 Å². The lowest BCUT2D eigenvalue weighted by Gasteiger charge is -2.15. The number of rotatable bonds is 4. The van der Waals surface area contributed by atoms with Crippen LogP contribution < -0.4 is 0 Å². The van der Waals surface area contributed by atoms with Crippen molar-refractivity contribution in [3.8, 4) is 6.07 Å². The number of aldehydes is 1. The van der Waals surface area contributed by atoms with Crippen LogP contribution in [0.3, 0.4) is 0 Å². The van der Waals surface area contributed by atoms with Gasteiger partial charge in [0.15, 0.2) is 6.29 Å². The van der Waals surface area contributed by atoms with E-state index >= 15 is 0 Å². The van der Waals surface area contributed by atoms with Gasteiger partial charge in [-0.15, -0.1) is 0 Å². The predicted octanol–water partition coefficient (Wildman–Crippen LogP) is 2.50. The fourth-order valence-corrected chi connectivity index (χ4v) is 1.74. The van der Waals surface area contributed by atoms with Crippen LogP contribution in [0.5, 0.6) is 0 Å². The molecule has 0 unspecified atom stereocenters. The smallest absolute Gasteiger partial charge is 0.417 e. The van der Waals surface area contributed by atoms with Crippen molar-refractivity contribution in [3.05, 3.63) is 34.4 Å². The quantitative estimate of drug-likeness (QED) is 0.629. The van der Waals surface area contributed by atoms with E-state index in [0.29, 0.717) is 0 Å². The summed E-state index contributed by atoms with van der Waals surface area (Å²) in [7, 11) is 0. The van der Waals surface area contributed by atoms with Gasteiger partial charge in [0.25, 0.3) is 0 Å². The van der Waals surface area contributed by atoms with Crippen molar-refractivity contribution in [1.82, 2.24) is 0 Å². The summed E-state index contributed by atoms with van der Waals surface area (Å²) in [6.07, 6.45) is -5.52. The van der Waals surface area contributed by atoms with Crippen LogP contribution in [-0.4, -0.2) is 18.9 Å². The van der Waals surface area contributed by atoms with Gasteiger partial charge in [0, 0.05) is 5.56 Å². The molecule has 0 saturated carbocycles. The Kier molecular flexibility index (Phi) is 4.86. The topological polar surface area (TPSA) is 67.2 Å². The molecule has 4 nitrogen and oxygen atoms in total. The number of halogens is 3. The van der Waals surface area contributed by atoms with E-state index in [4.69, 9.17) is 5.26 Å². The number of benzene rings is 1. The summed E-state index contributed by atoms with van der Waals surface area (Å²) in [6, 6.07) is 3.57. The molecule has 1 rings (SSSR count). The molecule has 0 radical (unpaired) electrons. The highest BCUT2D eigenvalue weighted by Crippen LogP contribution is 2.36. The number of carbonyl (C=O) groups is 2. The summed E-state index contributed by atoms with van der Waals surface area (Å²) in [5.74, 6) is -0.891. The highest BCUT2D eigenvalue weighted by atomic mass is 19.4. The molecule has 0 atom stereocenters. The molecule has 0 aromatic heterocycles. The molecule has 106 valence electrons. The zero-order valence-corrected chi connectivity index (χ0v) is 10.5. The van der Waals surface area contributed by atoms with Crippen LogP contribution in [0.25, 0.3) is 0 Å². The maximum Gasteiger partial charge on any atom is 0.417 e. The summed E-state index contributed by atoms with van der Waals surface area (Å²) in [6.45, 7) is 1.52. The van der Waals surface area contributed by atoms with E-state index in [0.717, 1.165) is 12.1 Å². The van der Waals surface area contributed by atoms with Gasteiger partial charge >= 0.3 is 12.1 Å². The second-order valence-electron chi connectivity index (χ2n) is 3.77. The lowest BCUT2D eigenvalue weighted by atomic mass is 9.94. The molecule has 1 aromatic carbocycles. The lowest BCUT2D eigenvalue weighted by Crippen LogP contribution is -2.18. The largest absolute Gasteiger partial charge is 0.466 e. The molecule has 0 aliphatic heterocycles. The van der Waals surface area contributed by atoms with Crippen molar-refractivity contribution in [2.75, 3.05) is 6.61 Å². The average molecular weight is 285 g/mol. The monoisotopic (exact) mass is 285 g/mol. The minimum atomic E-state index is -4.84. The van der Waals surface area contributed by atoms with Crippen LogP contribution in [0.15, 0.2) is 12.1 Å². The predicted molar refractivity (Wildman–Crippen MR) is 61.9 cm³/mol. The summed E-state index contributed by atoms with van der Waals surface area (Å²) in [5, 5.41) is 8.86. The van der Waals surface area contributed by atoms with Crippen LogP contribution in [0.4, 0.5) is 13.2 Å². The molecule has 0 N–H and O–H groups in total. The van der Waals surface area contributed by atoms with E-state index in [9.17, 15) is 22.8 Å². The Morgan fingerprint density at radius 3 is 2.55 bits per heavy atom. The molecular weight excluding hydrogens is 275 g/mol. The van der Waals surface area contributed by atoms with Gasteiger partial charge in [-0.2, -0.15) is 18.4 Å². The van der Waals surface area contributed by atoms with Crippen LogP contribution in [-0.2, 0) is 22.1 Å². The standard InChI is InChI=1S/C13H10F3NO3/c1-2-20-11(19)5-10-8(6-17)3-4-9(7-18)12(10)13(14,15)16/h3-4,7H,2,5H2,1H3. The highest BCUT2D eigenvalue weighted by Gasteiger charge is 2.37. The van der Waals surface area contributed by atoms with Gasteiger partial charge in [-0.05, 0) is 24.6 Å². The van der Waals surface area contributed by atoms with E-state index in [1.807, 2.05) is 0 Å². The van der Waals surface area contributed by atoms with Gasteiger partial charge in [-0.3, -0.25) is 9.59 Å². The van der Waals surface area contributed by atoms with Crippen molar-refractivity contribution >= 4 is 12.3 Å². The molecule has 0 aliphatic carbocycles. The van der Waals surface area contributed by atoms with Crippen LogP contribution in [0.2, 0.25) is 0 Å². The second kappa shape index (κ2) is 6.19. The zero-order chi connectivity index (χ0) is 15.3. The van der Waals surface area contributed by atoms with Crippen molar-refractivity contribution in [2.45, 2.75) is 19.5 Å². The van der Waals surface area contributed by atoms with Gasteiger partial charge in [-0.25, -0.2) is 0 Å². The number of ether oxygens (including phenoxy) is 1. The third-order valence-electron chi connectivity index (χ3n) is 2.50. The Morgan fingerprint density at radius 1 is 1.45 bits per heavy atom. The second-order valence-corrected chi connectivity index (χ2v) is 3.77. The molecule has 0 fully saturated rings. The van der Waals surface area contributed by atoms with Crippen molar-refractivity contribution in [2.24, 2.45) is 0 Å². The number of nitrogens with zero attached hydrogens (tertiary/aromatic N) is 1. The van der Waals surface area contributed by atoms with Gasteiger partial charge in [0.1, 0.15) is 0 Å². The third kappa shape index (κ3) is 3.35. The molecule has 0 amide bonds. The summed E-state index contributed by atoms with van der Waals surface area (Å²) < 4.78 is 43.7. The van der Waals surface area contributed by atoms with Crippen molar-refractivity contribution < 1.29 is 27.5 Å². The lowest BCUT2D eigenvalue weighted by molar-refractivity contribution is -0.143. The van der Waals surface area contributed by atoms with Gasteiger partial charge < -0.3 is 4.74 Å². The van der Waals surface area contributed by atoms with E-state index in [1.165, 1.54) is 6.92 Å². The first-order valence-corrected chi connectivity index (χ1v) is 5.59. The van der Waals surface area contributed by atoms with Crippen LogP contribution in [0, 0.1) is 11.3 Å².